The molecule has 96 valence electrons. The maximum absolute atomic E-state index is 12.2. The minimum Gasteiger partial charge on any atom is -0.171 e. The molecule has 0 N–H and O–H groups in total. The van der Waals surface area contributed by atoms with E-state index >= 15 is 0 Å². The van der Waals surface area contributed by atoms with Crippen molar-refractivity contribution in [2.24, 2.45) is 0 Å². The second-order valence-electron chi connectivity index (χ2n) is 4.65. The van der Waals surface area contributed by atoms with E-state index in [-0.39, 0.29) is 6.42 Å². The molecule has 1 aromatic carbocycles. The summed E-state index contributed by atoms with van der Waals surface area (Å²) in [6.07, 6.45) is -3.93. The van der Waals surface area contributed by atoms with Crippen molar-refractivity contribution in [2.45, 2.75) is 52.1 Å². The van der Waals surface area contributed by atoms with E-state index in [1.807, 2.05) is 25.1 Å². The van der Waals surface area contributed by atoms with Crippen LogP contribution < -0.4 is 0 Å². The molecule has 0 radical (unpaired) electrons. The van der Waals surface area contributed by atoms with Crippen LogP contribution in [0.4, 0.5) is 13.2 Å². The number of hydrogen-bond donors (Lipinski definition) is 0. The lowest BCUT2D eigenvalue weighted by molar-refractivity contribution is -0.134. The molecule has 0 atom stereocenters. The van der Waals surface area contributed by atoms with E-state index in [9.17, 15) is 13.2 Å². The van der Waals surface area contributed by atoms with Gasteiger partial charge in [0.25, 0.3) is 0 Å². The van der Waals surface area contributed by atoms with Crippen molar-refractivity contribution in [3.05, 3.63) is 34.9 Å². The Morgan fingerprint density at radius 3 is 2.24 bits per heavy atom. The summed E-state index contributed by atoms with van der Waals surface area (Å²) in [5.41, 5.74) is 3.06. The SMILES string of the molecule is CCc1cc(C(C)C)ccc1CCC(F)(F)F. The number of hydrogen-bond acceptors (Lipinski definition) is 0. The van der Waals surface area contributed by atoms with Crippen LogP contribution in [0.5, 0.6) is 0 Å². The van der Waals surface area contributed by atoms with Crippen LogP contribution in [-0.2, 0) is 12.8 Å². The van der Waals surface area contributed by atoms with Crippen LogP contribution in [-0.4, -0.2) is 6.18 Å². The second-order valence-corrected chi connectivity index (χ2v) is 4.65. The first-order valence-electron chi connectivity index (χ1n) is 6.02. The molecule has 0 saturated heterocycles. The van der Waals surface area contributed by atoms with Gasteiger partial charge < -0.3 is 0 Å². The third kappa shape index (κ3) is 4.41. The summed E-state index contributed by atoms with van der Waals surface area (Å²) in [5, 5.41) is 0. The zero-order valence-corrected chi connectivity index (χ0v) is 10.6. The number of rotatable bonds is 4. The average Bonchev–Trinajstić information content (AvgIpc) is 2.24. The van der Waals surface area contributed by atoms with Gasteiger partial charge in [-0.2, -0.15) is 13.2 Å². The first kappa shape index (κ1) is 14.1. The summed E-state index contributed by atoms with van der Waals surface area (Å²) in [6, 6.07) is 5.83. The fraction of sp³-hybridized carbons (Fsp3) is 0.571. The van der Waals surface area contributed by atoms with Crippen LogP contribution in [0.1, 0.15) is 49.8 Å². The standard InChI is InChI=1S/C14H19F3/c1-4-11-9-13(10(2)3)6-5-12(11)7-8-14(15,16)17/h5-6,9-10H,4,7-8H2,1-3H3. The largest absolute Gasteiger partial charge is 0.389 e. The van der Waals surface area contributed by atoms with E-state index in [1.165, 1.54) is 5.56 Å². The van der Waals surface area contributed by atoms with Crippen molar-refractivity contribution in [1.29, 1.82) is 0 Å². The Bertz CT molecular complexity index is 364. The van der Waals surface area contributed by atoms with E-state index in [0.717, 1.165) is 17.5 Å². The molecule has 0 aliphatic carbocycles. The Morgan fingerprint density at radius 2 is 1.76 bits per heavy atom. The molecular formula is C14H19F3. The first-order valence-corrected chi connectivity index (χ1v) is 6.02. The molecule has 1 aromatic rings. The van der Waals surface area contributed by atoms with Crippen molar-refractivity contribution in [2.75, 3.05) is 0 Å². The predicted molar refractivity (Wildman–Crippen MR) is 64.3 cm³/mol. The van der Waals surface area contributed by atoms with E-state index < -0.39 is 12.6 Å². The van der Waals surface area contributed by atoms with E-state index in [0.29, 0.717) is 5.92 Å². The molecule has 0 amide bonds. The van der Waals surface area contributed by atoms with Gasteiger partial charge in [0.2, 0.25) is 0 Å². The summed E-state index contributed by atoms with van der Waals surface area (Å²) < 4.78 is 36.6. The number of halogens is 3. The highest BCUT2D eigenvalue weighted by Gasteiger charge is 2.26. The van der Waals surface area contributed by atoms with Gasteiger partial charge in [0.05, 0.1) is 0 Å². The third-order valence-electron chi connectivity index (χ3n) is 2.96. The summed E-state index contributed by atoms with van der Waals surface area (Å²) in [5.74, 6) is 0.414. The van der Waals surface area contributed by atoms with Gasteiger partial charge in [-0.25, -0.2) is 0 Å². The zero-order chi connectivity index (χ0) is 13.1. The smallest absolute Gasteiger partial charge is 0.171 e. The molecule has 3 heteroatoms. The molecule has 17 heavy (non-hydrogen) atoms. The molecule has 0 fully saturated rings. The van der Waals surface area contributed by atoms with Gasteiger partial charge in [0.1, 0.15) is 0 Å². The molecule has 0 aliphatic heterocycles. The van der Waals surface area contributed by atoms with Crippen LogP contribution in [0.15, 0.2) is 18.2 Å². The van der Waals surface area contributed by atoms with Crippen molar-refractivity contribution < 1.29 is 13.2 Å². The molecule has 0 nitrogen and oxygen atoms in total. The fourth-order valence-corrected chi connectivity index (χ4v) is 1.85. The third-order valence-corrected chi connectivity index (χ3v) is 2.96. The maximum Gasteiger partial charge on any atom is 0.389 e. The molecule has 0 heterocycles. The first-order chi connectivity index (χ1) is 7.83. The fourth-order valence-electron chi connectivity index (χ4n) is 1.85. The normalized spacial score (nSPS) is 12.2. The lowest BCUT2D eigenvalue weighted by Gasteiger charge is -2.13. The zero-order valence-electron chi connectivity index (χ0n) is 10.6. The van der Waals surface area contributed by atoms with Crippen molar-refractivity contribution >= 4 is 0 Å². The average molecular weight is 244 g/mol. The number of aryl methyl sites for hydroxylation is 2. The van der Waals surface area contributed by atoms with Crippen molar-refractivity contribution in [3.8, 4) is 0 Å². The van der Waals surface area contributed by atoms with Crippen LogP contribution >= 0.6 is 0 Å². The Morgan fingerprint density at radius 1 is 1.12 bits per heavy atom. The van der Waals surface area contributed by atoms with Crippen molar-refractivity contribution in [1.82, 2.24) is 0 Å². The highest BCUT2D eigenvalue weighted by molar-refractivity contribution is 5.33. The number of alkyl halides is 3. The van der Waals surface area contributed by atoms with E-state index in [1.54, 1.807) is 0 Å². The van der Waals surface area contributed by atoms with Crippen molar-refractivity contribution in [3.63, 3.8) is 0 Å². The Kier molecular flexibility index (Phi) is 4.61. The summed E-state index contributed by atoms with van der Waals surface area (Å²) in [4.78, 5) is 0. The second kappa shape index (κ2) is 5.56. The van der Waals surface area contributed by atoms with Gasteiger partial charge in [0.15, 0.2) is 0 Å². The molecular weight excluding hydrogens is 225 g/mol. The van der Waals surface area contributed by atoms with E-state index in [4.69, 9.17) is 0 Å². The number of benzene rings is 1. The van der Waals surface area contributed by atoms with Crippen LogP contribution in [0.3, 0.4) is 0 Å². The van der Waals surface area contributed by atoms with Gasteiger partial charge in [-0.1, -0.05) is 39.0 Å². The monoisotopic (exact) mass is 244 g/mol. The maximum atomic E-state index is 12.2. The lowest BCUT2D eigenvalue weighted by Crippen LogP contribution is -2.09. The molecule has 0 bridgehead atoms. The summed E-state index contributed by atoms with van der Waals surface area (Å²) >= 11 is 0. The molecule has 1 rings (SSSR count). The van der Waals surface area contributed by atoms with Gasteiger partial charge in [-0.05, 0) is 35.4 Å². The van der Waals surface area contributed by atoms with Gasteiger partial charge in [0, 0.05) is 6.42 Å². The van der Waals surface area contributed by atoms with Crippen LogP contribution in [0, 0.1) is 0 Å². The van der Waals surface area contributed by atoms with Crippen LogP contribution in [0.2, 0.25) is 0 Å². The lowest BCUT2D eigenvalue weighted by atomic mass is 9.94. The summed E-state index contributed by atoms with van der Waals surface area (Å²) in [7, 11) is 0. The minimum absolute atomic E-state index is 0.0883. The Hall–Kier alpha value is -0.990. The highest BCUT2D eigenvalue weighted by atomic mass is 19.4. The molecule has 0 aromatic heterocycles. The van der Waals surface area contributed by atoms with Gasteiger partial charge in [-0.3, -0.25) is 0 Å². The molecule has 0 spiro atoms. The van der Waals surface area contributed by atoms with Crippen LogP contribution in [0.25, 0.3) is 0 Å². The molecule has 0 saturated carbocycles. The Labute approximate surface area is 101 Å². The van der Waals surface area contributed by atoms with Gasteiger partial charge in [-0.15, -0.1) is 0 Å². The quantitative estimate of drug-likeness (QED) is 0.709. The Balaban J connectivity index is 2.86. The minimum atomic E-state index is -4.07. The topological polar surface area (TPSA) is 0 Å². The summed E-state index contributed by atoms with van der Waals surface area (Å²) in [6.45, 7) is 6.16. The van der Waals surface area contributed by atoms with Gasteiger partial charge >= 0.3 is 6.18 Å². The van der Waals surface area contributed by atoms with E-state index in [2.05, 4.69) is 13.8 Å². The predicted octanol–water partition coefficient (Wildman–Crippen LogP) is 4.87. The molecule has 0 unspecified atom stereocenters. The molecule has 0 aliphatic rings. The highest BCUT2D eigenvalue weighted by Crippen LogP contribution is 2.25.